The first-order valence-corrected chi connectivity index (χ1v) is 10.1. The minimum Gasteiger partial charge on any atom is -0.378 e. The topological polar surface area (TPSA) is 94.3 Å². The van der Waals surface area contributed by atoms with Crippen molar-refractivity contribution in [2.45, 2.75) is 40.3 Å². The molecule has 1 fully saturated rings. The maximum atomic E-state index is 13.0. The van der Waals surface area contributed by atoms with Crippen LogP contribution >= 0.6 is 15.9 Å². The summed E-state index contributed by atoms with van der Waals surface area (Å²) in [6, 6.07) is -0.540. The summed E-state index contributed by atoms with van der Waals surface area (Å²) in [7, 11) is 0. The standard InChI is InChI=1S/C18H25BrN6O3/c1-5-24-16(18(27)23-6-8-28-9-7-23)14(10-20-24)21-17(26)13(4)25-12(3)15(19)11(2)22-25/h10,13H,5-9H2,1-4H3,(H,21,26). The third kappa shape index (κ3) is 3.83. The van der Waals surface area contributed by atoms with Gasteiger partial charge in [-0.05, 0) is 43.6 Å². The first kappa shape index (κ1) is 20.5. The monoisotopic (exact) mass is 452 g/mol. The molecule has 1 unspecified atom stereocenters. The zero-order chi connectivity index (χ0) is 20.4. The van der Waals surface area contributed by atoms with Crippen molar-refractivity contribution in [1.82, 2.24) is 24.5 Å². The van der Waals surface area contributed by atoms with Crippen LogP contribution in [0.15, 0.2) is 10.7 Å². The van der Waals surface area contributed by atoms with Gasteiger partial charge >= 0.3 is 0 Å². The maximum absolute atomic E-state index is 13.0. The second kappa shape index (κ2) is 8.44. The lowest BCUT2D eigenvalue weighted by atomic mass is 10.2. The van der Waals surface area contributed by atoms with Gasteiger partial charge in [-0.2, -0.15) is 10.2 Å². The van der Waals surface area contributed by atoms with E-state index in [-0.39, 0.29) is 11.8 Å². The van der Waals surface area contributed by atoms with Crippen LogP contribution in [0.5, 0.6) is 0 Å². The molecule has 10 heteroatoms. The number of carbonyl (C=O) groups excluding carboxylic acids is 2. The van der Waals surface area contributed by atoms with Gasteiger partial charge in [-0.15, -0.1) is 0 Å². The van der Waals surface area contributed by atoms with Crippen molar-refractivity contribution in [2.24, 2.45) is 0 Å². The van der Waals surface area contributed by atoms with Crippen molar-refractivity contribution in [1.29, 1.82) is 0 Å². The Hall–Kier alpha value is -2.20. The lowest BCUT2D eigenvalue weighted by molar-refractivity contribution is -0.119. The average molecular weight is 453 g/mol. The van der Waals surface area contributed by atoms with E-state index < -0.39 is 6.04 Å². The highest BCUT2D eigenvalue weighted by atomic mass is 79.9. The average Bonchev–Trinajstić information content (AvgIpc) is 3.23. The number of hydrogen-bond acceptors (Lipinski definition) is 5. The minimum absolute atomic E-state index is 0.153. The van der Waals surface area contributed by atoms with E-state index in [4.69, 9.17) is 4.74 Å². The zero-order valence-corrected chi connectivity index (χ0v) is 18.1. The molecule has 3 rings (SSSR count). The van der Waals surface area contributed by atoms with Gasteiger partial charge in [-0.1, -0.05) is 0 Å². The number of hydrogen-bond donors (Lipinski definition) is 1. The van der Waals surface area contributed by atoms with Crippen LogP contribution in [0.2, 0.25) is 0 Å². The van der Waals surface area contributed by atoms with Gasteiger partial charge in [0, 0.05) is 19.6 Å². The Morgan fingerprint density at radius 2 is 2.00 bits per heavy atom. The predicted octanol–water partition coefficient (Wildman–Crippen LogP) is 2.15. The molecule has 1 aliphatic heterocycles. The van der Waals surface area contributed by atoms with Gasteiger partial charge < -0.3 is 15.0 Å². The number of aromatic nitrogens is 4. The van der Waals surface area contributed by atoms with Gasteiger partial charge in [0.05, 0.1) is 41.0 Å². The number of anilines is 1. The molecule has 1 N–H and O–H groups in total. The molecular weight excluding hydrogens is 428 g/mol. The Labute approximate surface area is 172 Å². The molecule has 2 aromatic heterocycles. The first-order chi connectivity index (χ1) is 13.3. The van der Waals surface area contributed by atoms with E-state index in [1.54, 1.807) is 21.2 Å². The fraction of sp³-hybridized carbons (Fsp3) is 0.556. The molecule has 0 aliphatic carbocycles. The number of nitrogens with zero attached hydrogens (tertiary/aromatic N) is 5. The lowest BCUT2D eigenvalue weighted by Crippen LogP contribution is -2.42. The largest absolute Gasteiger partial charge is 0.378 e. The SMILES string of the molecule is CCn1ncc(NC(=O)C(C)n2nc(C)c(Br)c2C)c1C(=O)N1CCOCC1. The van der Waals surface area contributed by atoms with Crippen molar-refractivity contribution in [3.05, 3.63) is 27.8 Å². The Morgan fingerprint density at radius 3 is 2.57 bits per heavy atom. The Bertz CT molecular complexity index is 884. The van der Waals surface area contributed by atoms with E-state index in [0.717, 1.165) is 15.9 Å². The van der Waals surface area contributed by atoms with Crippen molar-refractivity contribution in [3.8, 4) is 0 Å². The van der Waals surface area contributed by atoms with E-state index in [9.17, 15) is 9.59 Å². The third-order valence-electron chi connectivity index (χ3n) is 4.88. The number of ether oxygens (including phenoxy) is 1. The highest BCUT2D eigenvalue weighted by Gasteiger charge is 2.28. The van der Waals surface area contributed by atoms with Crippen LogP contribution < -0.4 is 5.32 Å². The summed E-state index contributed by atoms with van der Waals surface area (Å²) in [4.78, 5) is 27.6. The Kier molecular flexibility index (Phi) is 6.19. The van der Waals surface area contributed by atoms with E-state index in [2.05, 4.69) is 31.4 Å². The summed E-state index contributed by atoms with van der Waals surface area (Å²) in [6.07, 6.45) is 1.53. The molecule has 2 amide bonds. The van der Waals surface area contributed by atoms with Crippen molar-refractivity contribution in [2.75, 3.05) is 31.6 Å². The zero-order valence-electron chi connectivity index (χ0n) is 16.5. The van der Waals surface area contributed by atoms with Gasteiger partial charge in [0.15, 0.2) is 0 Å². The van der Waals surface area contributed by atoms with Crippen LogP contribution in [0.3, 0.4) is 0 Å². The minimum atomic E-state index is -0.540. The van der Waals surface area contributed by atoms with Gasteiger partial charge in [0.2, 0.25) is 5.91 Å². The van der Waals surface area contributed by atoms with Crippen LogP contribution in [-0.4, -0.2) is 62.6 Å². The maximum Gasteiger partial charge on any atom is 0.274 e. The van der Waals surface area contributed by atoms with Crippen LogP contribution in [0.1, 0.15) is 41.8 Å². The smallest absolute Gasteiger partial charge is 0.274 e. The molecule has 1 atom stereocenters. The Morgan fingerprint density at radius 1 is 1.32 bits per heavy atom. The summed E-state index contributed by atoms with van der Waals surface area (Å²) >= 11 is 3.48. The number of morpholine rings is 1. The quantitative estimate of drug-likeness (QED) is 0.749. The van der Waals surface area contributed by atoms with Gasteiger partial charge in [-0.25, -0.2) is 0 Å². The summed E-state index contributed by atoms with van der Waals surface area (Å²) in [6.45, 7) is 10.1. The van der Waals surface area contributed by atoms with Crippen molar-refractivity contribution >= 4 is 33.4 Å². The van der Waals surface area contributed by atoms with Crippen LogP contribution in [-0.2, 0) is 16.1 Å². The molecule has 0 spiro atoms. The van der Waals surface area contributed by atoms with Gasteiger partial charge in [0.25, 0.3) is 5.91 Å². The Balaban J connectivity index is 1.83. The summed E-state index contributed by atoms with van der Waals surface area (Å²) in [5.41, 5.74) is 2.49. The van der Waals surface area contributed by atoms with Gasteiger partial charge in [0.1, 0.15) is 11.7 Å². The molecule has 1 saturated heterocycles. The number of aryl methyl sites for hydroxylation is 2. The number of amides is 2. The van der Waals surface area contributed by atoms with Crippen molar-refractivity contribution < 1.29 is 14.3 Å². The molecule has 9 nitrogen and oxygen atoms in total. The summed E-state index contributed by atoms with van der Waals surface area (Å²) in [5.74, 6) is -0.413. The van der Waals surface area contributed by atoms with E-state index in [1.165, 1.54) is 6.20 Å². The molecule has 28 heavy (non-hydrogen) atoms. The number of halogens is 1. The summed E-state index contributed by atoms with van der Waals surface area (Å²) < 4.78 is 9.48. The second-order valence-electron chi connectivity index (χ2n) is 6.72. The lowest BCUT2D eigenvalue weighted by Gasteiger charge is -2.27. The molecule has 3 heterocycles. The van der Waals surface area contributed by atoms with Crippen LogP contribution in [0.25, 0.3) is 0 Å². The fourth-order valence-corrected chi connectivity index (χ4v) is 3.49. The van der Waals surface area contributed by atoms with Crippen molar-refractivity contribution in [3.63, 3.8) is 0 Å². The molecule has 0 saturated carbocycles. The predicted molar refractivity (Wildman–Crippen MR) is 107 cm³/mol. The molecule has 2 aromatic rings. The highest BCUT2D eigenvalue weighted by molar-refractivity contribution is 9.10. The first-order valence-electron chi connectivity index (χ1n) is 9.30. The number of carbonyl (C=O) groups is 2. The number of rotatable bonds is 5. The van der Waals surface area contributed by atoms with E-state index in [1.807, 2.05) is 20.8 Å². The molecule has 0 aromatic carbocycles. The van der Waals surface area contributed by atoms with E-state index >= 15 is 0 Å². The molecule has 1 aliphatic rings. The molecule has 152 valence electrons. The number of nitrogens with one attached hydrogen (secondary N) is 1. The van der Waals surface area contributed by atoms with Crippen LogP contribution in [0.4, 0.5) is 5.69 Å². The molecule has 0 bridgehead atoms. The third-order valence-corrected chi connectivity index (χ3v) is 6.03. The fourth-order valence-electron chi connectivity index (χ4n) is 3.23. The van der Waals surface area contributed by atoms with Crippen LogP contribution in [0, 0.1) is 13.8 Å². The normalized spacial score (nSPS) is 15.5. The van der Waals surface area contributed by atoms with E-state index in [0.29, 0.717) is 44.2 Å². The second-order valence-corrected chi connectivity index (χ2v) is 7.51. The summed E-state index contributed by atoms with van der Waals surface area (Å²) in [5, 5.41) is 11.6. The molecule has 0 radical (unpaired) electrons. The highest BCUT2D eigenvalue weighted by Crippen LogP contribution is 2.24. The molecular formula is C18H25BrN6O3. The van der Waals surface area contributed by atoms with Gasteiger partial charge in [-0.3, -0.25) is 19.0 Å².